The number of anilines is 1. The molecule has 2 aromatic carbocycles. The molecule has 0 bridgehead atoms. The zero-order valence-electron chi connectivity index (χ0n) is 16.5. The molecule has 160 valence electrons. The van der Waals surface area contributed by atoms with Crippen molar-refractivity contribution in [1.82, 2.24) is 9.80 Å². The first-order valence-electron chi connectivity index (χ1n) is 9.58. The van der Waals surface area contributed by atoms with E-state index in [0.29, 0.717) is 16.3 Å². The van der Waals surface area contributed by atoms with E-state index in [2.05, 4.69) is 5.32 Å². The van der Waals surface area contributed by atoms with Crippen LogP contribution in [0.1, 0.15) is 11.1 Å². The van der Waals surface area contributed by atoms with Crippen LogP contribution in [0.4, 0.5) is 14.9 Å². The van der Waals surface area contributed by atoms with E-state index in [1.165, 1.54) is 40.9 Å². The predicted molar refractivity (Wildman–Crippen MR) is 118 cm³/mol. The molecule has 31 heavy (non-hydrogen) atoms. The molecule has 4 amide bonds. The van der Waals surface area contributed by atoms with E-state index >= 15 is 0 Å². The smallest absolute Gasteiger partial charge is 0.323 e. The molecule has 0 saturated carbocycles. The quantitative estimate of drug-likeness (QED) is 0.728. The van der Waals surface area contributed by atoms with Crippen LogP contribution in [0.15, 0.2) is 53.9 Å². The van der Waals surface area contributed by atoms with Gasteiger partial charge in [-0.3, -0.25) is 14.5 Å². The van der Waals surface area contributed by atoms with Crippen molar-refractivity contribution in [2.24, 2.45) is 0 Å². The van der Waals surface area contributed by atoms with E-state index in [9.17, 15) is 18.8 Å². The first-order chi connectivity index (χ1) is 14.8. The Balaban J connectivity index is 1.53. The Morgan fingerprint density at radius 2 is 1.94 bits per heavy atom. The lowest BCUT2D eigenvalue weighted by Crippen LogP contribution is -2.62. The van der Waals surface area contributed by atoms with Gasteiger partial charge in [-0.15, -0.1) is 11.8 Å². The number of aryl methyl sites for hydroxylation is 1. The average Bonchev–Trinajstić information content (AvgIpc) is 3.22. The average molecular weight is 460 g/mol. The minimum atomic E-state index is -0.562. The molecule has 0 aliphatic carbocycles. The lowest BCUT2D eigenvalue weighted by Gasteiger charge is -2.40. The zero-order valence-corrected chi connectivity index (χ0v) is 18.1. The lowest BCUT2D eigenvalue weighted by molar-refractivity contribution is -0.132. The van der Waals surface area contributed by atoms with Crippen LogP contribution in [0.25, 0.3) is 0 Å². The van der Waals surface area contributed by atoms with E-state index in [0.717, 1.165) is 10.5 Å². The highest BCUT2D eigenvalue weighted by molar-refractivity contribution is 8.03. The van der Waals surface area contributed by atoms with Gasteiger partial charge < -0.3 is 10.2 Å². The van der Waals surface area contributed by atoms with E-state index in [1.54, 1.807) is 23.6 Å². The van der Waals surface area contributed by atoms with Crippen LogP contribution in [-0.4, -0.2) is 45.5 Å². The molecule has 6 nitrogen and oxygen atoms in total. The number of thioether (sulfide) groups is 1. The maximum Gasteiger partial charge on any atom is 0.328 e. The summed E-state index contributed by atoms with van der Waals surface area (Å²) < 4.78 is 13.2. The van der Waals surface area contributed by atoms with Crippen LogP contribution in [0, 0.1) is 12.7 Å². The van der Waals surface area contributed by atoms with Gasteiger partial charge in [0.25, 0.3) is 0 Å². The van der Waals surface area contributed by atoms with E-state index in [4.69, 9.17) is 11.6 Å². The number of hydrogen-bond acceptors (Lipinski definition) is 4. The molecule has 2 aromatic rings. The Morgan fingerprint density at radius 1 is 1.19 bits per heavy atom. The van der Waals surface area contributed by atoms with Gasteiger partial charge in [0.1, 0.15) is 17.6 Å². The summed E-state index contributed by atoms with van der Waals surface area (Å²) in [5, 5.41) is 4.38. The zero-order chi connectivity index (χ0) is 22.1. The molecule has 4 rings (SSSR count). The van der Waals surface area contributed by atoms with Crippen molar-refractivity contribution >= 4 is 46.9 Å². The Bertz CT molecular complexity index is 1080. The Labute approximate surface area is 188 Å². The maximum absolute atomic E-state index is 13.2. The number of benzene rings is 2. The van der Waals surface area contributed by atoms with Crippen molar-refractivity contribution in [3.05, 3.63) is 75.9 Å². The molecule has 9 heteroatoms. The maximum atomic E-state index is 13.2. The number of fused-ring (bicyclic) bond motifs is 1. The van der Waals surface area contributed by atoms with E-state index < -0.39 is 29.0 Å². The summed E-state index contributed by atoms with van der Waals surface area (Å²) in [5.74, 6) is -1.14. The number of halogens is 2. The number of carbonyl (C=O) groups is 3. The van der Waals surface area contributed by atoms with Crippen molar-refractivity contribution in [3.8, 4) is 0 Å². The summed E-state index contributed by atoms with van der Waals surface area (Å²) in [5.41, 5.74) is 2.03. The second-order valence-corrected chi connectivity index (χ2v) is 8.83. The summed E-state index contributed by atoms with van der Waals surface area (Å²) in [4.78, 5) is 41.3. The number of amides is 4. The number of nitrogens with one attached hydrogen (secondary N) is 1. The van der Waals surface area contributed by atoms with Crippen molar-refractivity contribution in [2.45, 2.75) is 24.8 Å². The molecule has 2 atom stereocenters. The van der Waals surface area contributed by atoms with Crippen molar-refractivity contribution in [3.63, 3.8) is 0 Å². The summed E-state index contributed by atoms with van der Waals surface area (Å²) in [6.07, 6.45) is 1.76. The molecular weight excluding hydrogens is 441 g/mol. The van der Waals surface area contributed by atoms with Crippen LogP contribution in [0.5, 0.6) is 0 Å². The topological polar surface area (TPSA) is 69.7 Å². The molecule has 0 radical (unpaired) electrons. The number of nitrogens with zero attached hydrogens (tertiary/aromatic N) is 2. The number of rotatable bonds is 5. The molecule has 0 aromatic heterocycles. The summed E-state index contributed by atoms with van der Waals surface area (Å²) in [6, 6.07) is 9.80. The molecule has 2 aliphatic rings. The fourth-order valence-electron chi connectivity index (χ4n) is 3.55. The minimum absolute atomic E-state index is 0.00361. The van der Waals surface area contributed by atoms with Gasteiger partial charge in [0, 0.05) is 0 Å². The van der Waals surface area contributed by atoms with Crippen LogP contribution in [-0.2, 0) is 16.1 Å². The third-order valence-electron chi connectivity index (χ3n) is 5.12. The Morgan fingerprint density at radius 3 is 2.65 bits per heavy atom. The van der Waals surface area contributed by atoms with Gasteiger partial charge in [-0.2, -0.15) is 0 Å². The van der Waals surface area contributed by atoms with E-state index in [1.807, 2.05) is 13.0 Å². The SMILES string of the molecule is Cc1ccc(NC(=O)CN2C(=O)N(Cc3ccc(F)cc3)C(=O)C3SC=CC32)c(Cl)c1. The molecule has 2 unspecified atom stereocenters. The fourth-order valence-corrected chi connectivity index (χ4v) is 4.90. The monoisotopic (exact) mass is 459 g/mol. The van der Waals surface area contributed by atoms with E-state index in [-0.39, 0.29) is 19.0 Å². The summed E-state index contributed by atoms with van der Waals surface area (Å²) in [7, 11) is 0. The fraction of sp³-hybridized carbons (Fsp3) is 0.227. The molecular formula is C22H19ClFN3O3S. The highest BCUT2D eigenvalue weighted by Gasteiger charge is 2.47. The number of carbonyl (C=O) groups excluding carboxylic acids is 3. The molecule has 1 fully saturated rings. The van der Waals surface area contributed by atoms with Gasteiger partial charge in [0.15, 0.2) is 0 Å². The van der Waals surface area contributed by atoms with Crippen LogP contribution >= 0.6 is 23.4 Å². The van der Waals surface area contributed by atoms with Gasteiger partial charge in [-0.25, -0.2) is 9.18 Å². The standard InChI is InChI=1S/C22H19ClFN3O3S/c1-13-2-7-17(16(23)10-13)25-19(28)12-26-18-8-9-31-20(18)21(29)27(22(26)30)11-14-3-5-15(24)6-4-14/h2-10,18,20H,11-12H2,1H3,(H,25,28). The second-order valence-electron chi connectivity index (χ2n) is 7.37. The third-order valence-corrected chi connectivity index (χ3v) is 6.52. The van der Waals surface area contributed by atoms with Crippen molar-refractivity contribution < 1.29 is 18.8 Å². The van der Waals surface area contributed by atoms with Crippen LogP contribution in [0.2, 0.25) is 5.02 Å². The summed E-state index contributed by atoms with van der Waals surface area (Å²) >= 11 is 7.50. The second kappa shape index (κ2) is 8.72. The summed E-state index contributed by atoms with van der Waals surface area (Å²) in [6.45, 7) is 1.66. The largest absolute Gasteiger partial charge is 0.328 e. The van der Waals surface area contributed by atoms with Crippen molar-refractivity contribution in [2.75, 3.05) is 11.9 Å². The first-order valence-corrected chi connectivity index (χ1v) is 10.9. The molecule has 2 aliphatic heterocycles. The number of urea groups is 1. The predicted octanol–water partition coefficient (Wildman–Crippen LogP) is 4.19. The van der Waals surface area contributed by atoms with Gasteiger partial charge in [0.2, 0.25) is 11.8 Å². The van der Waals surface area contributed by atoms with Gasteiger partial charge in [-0.05, 0) is 47.7 Å². The minimum Gasteiger partial charge on any atom is -0.323 e. The number of imide groups is 1. The molecule has 0 spiro atoms. The highest BCUT2D eigenvalue weighted by Crippen LogP contribution is 2.35. The number of hydrogen-bond donors (Lipinski definition) is 1. The molecule has 2 heterocycles. The molecule has 1 saturated heterocycles. The van der Waals surface area contributed by atoms with Crippen LogP contribution in [0.3, 0.4) is 0 Å². The lowest BCUT2D eigenvalue weighted by atomic mass is 10.1. The Hall–Kier alpha value is -2.84. The molecule has 1 N–H and O–H groups in total. The van der Waals surface area contributed by atoms with Crippen LogP contribution < -0.4 is 5.32 Å². The normalized spacial score (nSPS) is 20.2. The highest BCUT2D eigenvalue weighted by atomic mass is 35.5. The van der Waals surface area contributed by atoms with Gasteiger partial charge >= 0.3 is 6.03 Å². The first kappa shape index (κ1) is 21.4. The third kappa shape index (κ3) is 4.45. The Kier molecular flexibility index (Phi) is 6.02. The van der Waals surface area contributed by atoms with Gasteiger partial charge in [-0.1, -0.05) is 35.9 Å². The van der Waals surface area contributed by atoms with Gasteiger partial charge in [0.05, 0.1) is 23.3 Å². The van der Waals surface area contributed by atoms with Crippen molar-refractivity contribution in [1.29, 1.82) is 0 Å².